The van der Waals surface area contributed by atoms with Crippen LogP contribution in [-0.2, 0) is 9.84 Å². The molecule has 5 nitrogen and oxygen atoms in total. The van der Waals surface area contributed by atoms with Gasteiger partial charge in [0.2, 0.25) is 0 Å². The number of aliphatic hydroxyl groups excluding tert-OH is 1. The zero-order valence-corrected chi connectivity index (χ0v) is 13.9. The number of hydrogen-bond donors (Lipinski definition) is 1. The Labute approximate surface area is 141 Å². The Morgan fingerprint density at radius 1 is 1.17 bits per heavy atom. The second-order valence-corrected chi connectivity index (χ2v) is 7.91. The molecule has 24 heavy (non-hydrogen) atoms. The van der Waals surface area contributed by atoms with Gasteiger partial charge in [0.05, 0.1) is 29.9 Å². The van der Waals surface area contributed by atoms with Gasteiger partial charge in [-0.2, -0.15) is 5.26 Å². The lowest BCUT2D eigenvalue weighted by atomic mass is 10.0. The van der Waals surface area contributed by atoms with E-state index < -0.39 is 33.0 Å². The smallest absolute Gasteiger partial charge is 0.183 e. The van der Waals surface area contributed by atoms with E-state index >= 15 is 0 Å². The molecule has 124 valence electrons. The molecule has 1 fully saturated rings. The van der Waals surface area contributed by atoms with Crippen LogP contribution in [0.3, 0.4) is 0 Å². The van der Waals surface area contributed by atoms with Crippen LogP contribution < -0.4 is 4.74 Å². The molecule has 2 aromatic rings. The minimum atomic E-state index is -3.72. The molecule has 0 aliphatic heterocycles. The van der Waals surface area contributed by atoms with Crippen LogP contribution >= 0.6 is 0 Å². The van der Waals surface area contributed by atoms with Crippen LogP contribution in [-0.4, -0.2) is 32.5 Å². The van der Waals surface area contributed by atoms with Gasteiger partial charge in [-0.05, 0) is 29.8 Å². The highest BCUT2D eigenvalue weighted by molar-refractivity contribution is 7.92. The van der Waals surface area contributed by atoms with Gasteiger partial charge in [-0.25, -0.2) is 8.42 Å². The maximum absolute atomic E-state index is 12.9. The van der Waals surface area contributed by atoms with Crippen LogP contribution in [0.15, 0.2) is 59.5 Å². The van der Waals surface area contributed by atoms with Crippen molar-refractivity contribution in [3.8, 4) is 11.8 Å². The summed E-state index contributed by atoms with van der Waals surface area (Å²) in [6.45, 7) is -0.503. The maximum Gasteiger partial charge on any atom is 0.183 e. The van der Waals surface area contributed by atoms with Gasteiger partial charge in [-0.3, -0.25) is 0 Å². The molecule has 0 heterocycles. The van der Waals surface area contributed by atoms with Crippen LogP contribution in [0.25, 0.3) is 0 Å². The molecule has 1 aliphatic rings. The Hall–Kier alpha value is -2.36. The van der Waals surface area contributed by atoms with Gasteiger partial charge in [0.15, 0.2) is 9.84 Å². The molecule has 0 bridgehead atoms. The van der Waals surface area contributed by atoms with Gasteiger partial charge in [0.1, 0.15) is 11.2 Å². The summed E-state index contributed by atoms with van der Waals surface area (Å²) in [4.78, 5) is 0.166. The lowest BCUT2D eigenvalue weighted by Crippen LogP contribution is -2.18. The zero-order valence-electron chi connectivity index (χ0n) is 13.1. The largest absolute Gasteiger partial charge is 0.497 e. The first-order chi connectivity index (χ1) is 11.5. The van der Waals surface area contributed by atoms with E-state index in [0.717, 1.165) is 0 Å². The van der Waals surface area contributed by atoms with Gasteiger partial charge >= 0.3 is 0 Å². The van der Waals surface area contributed by atoms with Gasteiger partial charge in [0.25, 0.3) is 0 Å². The summed E-state index contributed by atoms with van der Waals surface area (Å²) in [6.07, 6.45) is 0. The summed E-state index contributed by atoms with van der Waals surface area (Å²) in [7, 11) is -2.18. The molecule has 0 radical (unpaired) electrons. The third-order valence-electron chi connectivity index (χ3n) is 4.61. The summed E-state index contributed by atoms with van der Waals surface area (Å²) in [6, 6.07) is 17.0. The fourth-order valence-electron chi connectivity index (χ4n) is 3.26. The predicted octanol–water partition coefficient (Wildman–Crippen LogP) is 2.14. The molecule has 0 amide bonds. The topological polar surface area (TPSA) is 87.4 Å². The number of rotatable bonds is 5. The summed E-state index contributed by atoms with van der Waals surface area (Å²) >= 11 is 0. The Bertz CT molecular complexity index is 871. The molecular formula is C18H17NO4S. The molecule has 0 spiro atoms. The van der Waals surface area contributed by atoms with Gasteiger partial charge in [-0.1, -0.05) is 30.3 Å². The highest BCUT2D eigenvalue weighted by Crippen LogP contribution is 2.63. The minimum Gasteiger partial charge on any atom is -0.497 e. The molecule has 3 rings (SSSR count). The molecular weight excluding hydrogens is 326 g/mol. The first-order valence-corrected chi connectivity index (χ1v) is 9.01. The van der Waals surface area contributed by atoms with E-state index in [1.165, 1.54) is 12.1 Å². The van der Waals surface area contributed by atoms with Crippen LogP contribution in [0.1, 0.15) is 11.5 Å². The lowest BCUT2D eigenvalue weighted by molar-refractivity contribution is 0.242. The Morgan fingerprint density at radius 3 is 2.29 bits per heavy atom. The van der Waals surface area contributed by atoms with Crippen molar-refractivity contribution in [1.82, 2.24) is 0 Å². The normalized spacial score (nSPS) is 25.7. The van der Waals surface area contributed by atoms with Crippen LogP contribution in [0.2, 0.25) is 0 Å². The number of nitriles is 1. The van der Waals surface area contributed by atoms with E-state index in [2.05, 4.69) is 0 Å². The number of benzene rings is 2. The number of methoxy groups -OCH3 is 1. The molecule has 6 heteroatoms. The second-order valence-electron chi connectivity index (χ2n) is 5.84. The van der Waals surface area contributed by atoms with Crippen LogP contribution in [0.4, 0.5) is 0 Å². The van der Waals surface area contributed by atoms with Crippen molar-refractivity contribution in [3.05, 3.63) is 60.2 Å². The molecule has 0 aromatic heterocycles. The van der Waals surface area contributed by atoms with E-state index in [-0.39, 0.29) is 4.90 Å². The quantitative estimate of drug-likeness (QED) is 0.899. The van der Waals surface area contributed by atoms with Gasteiger partial charge in [0, 0.05) is 5.92 Å². The predicted molar refractivity (Wildman–Crippen MR) is 88.3 cm³/mol. The lowest BCUT2D eigenvalue weighted by Gasteiger charge is -2.05. The number of aliphatic hydroxyl groups is 1. The van der Waals surface area contributed by atoms with E-state index in [0.29, 0.717) is 11.3 Å². The third-order valence-corrected chi connectivity index (χ3v) is 6.90. The number of hydrogen-bond acceptors (Lipinski definition) is 5. The van der Waals surface area contributed by atoms with Crippen molar-refractivity contribution in [2.75, 3.05) is 13.7 Å². The standard InChI is InChI=1S/C18H17NO4S/c1-23-14-9-7-13(8-10-14)16-17(18(16,11-19)12-20)24(21,22)15-5-3-2-4-6-15/h2-10,16-17,20H,12H2,1H3/t16-,17+,18+/m1/s1. The van der Waals surface area contributed by atoms with E-state index in [1.54, 1.807) is 49.6 Å². The molecule has 1 saturated carbocycles. The highest BCUT2D eigenvalue weighted by atomic mass is 32.2. The number of ether oxygens (including phenoxy) is 1. The van der Waals surface area contributed by atoms with E-state index in [1.807, 2.05) is 6.07 Å². The average molecular weight is 343 g/mol. The van der Waals surface area contributed by atoms with Crippen molar-refractivity contribution < 1.29 is 18.3 Å². The monoisotopic (exact) mass is 343 g/mol. The molecule has 0 saturated heterocycles. The van der Waals surface area contributed by atoms with Crippen molar-refractivity contribution in [1.29, 1.82) is 5.26 Å². The van der Waals surface area contributed by atoms with Crippen LogP contribution in [0.5, 0.6) is 5.75 Å². The Balaban J connectivity index is 2.04. The fourth-order valence-corrected chi connectivity index (χ4v) is 5.59. The van der Waals surface area contributed by atoms with Gasteiger partial charge < -0.3 is 9.84 Å². The number of nitrogens with zero attached hydrogens (tertiary/aromatic N) is 1. The van der Waals surface area contributed by atoms with Crippen molar-refractivity contribution in [3.63, 3.8) is 0 Å². The molecule has 1 aliphatic carbocycles. The first kappa shape index (κ1) is 16.5. The Morgan fingerprint density at radius 2 is 1.79 bits per heavy atom. The van der Waals surface area contributed by atoms with E-state index in [9.17, 15) is 18.8 Å². The van der Waals surface area contributed by atoms with Gasteiger partial charge in [-0.15, -0.1) is 0 Å². The average Bonchev–Trinajstić information content (AvgIpc) is 3.33. The van der Waals surface area contributed by atoms with Crippen molar-refractivity contribution in [2.24, 2.45) is 5.41 Å². The maximum atomic E-state index is 12.9. The summed E-state index contributed by atoms with van der Waals surface area (Å²) in [5.74, 6) is 0.0806. The fraction of sp³-hybridized carbons (Fsp3) is 0.278. The summed E-state index contributed by atoms with van der Waals surface area (Å²) < 4.78 is 31.0. The third kappa shape index (κ3) is 2.37. The van der Waals surface area contributed by atoms with E-state index in [4.69, 9.17) is 4.74 Å². The minimum absolute atomic E-state index is 0.166. The summed E-state index contributed by atoms with van der Waals surface area (Å²) in [5, 5.41) is 18.4. The second kappa shape index (κ2) is 5.93. The molecule has 3 atom stereocenters. The molecule has 2 aromatic carbocycles. The first-order valence-electron chi connectivity index (χ1n) is 7.46. The summed E-state index contributed by atoms with van der Waals surface area (Å²) in [5.41, 5.74) is -0.612. The highest BCUT2D eigenvalue weighted by Gasteiger charge is 2.72. The molecule has 0 unspecified atom stereocenters. The van der Waals surface area contributed by atoms with Crippen molar-refractivity contribution >= 4 is 9.84 Å². The molecule has 1 N–H and O–H groups in total. The van der Waals surface area contributed by atoms with Crippen molar-refractivity contribution in [2.45, 2.75) is 16.1 Å². The Kier molecular flexibility index (Phi) is 4.08. The van der Waals surface area contributed by atoms with Crippen LogP contribution in [0, 0.1) is 16.7 Å². The zero-order chi connectivity index (χ0) is 17.4. The number of sulfone groups is 1. The SMILES string of the molecule is COc1ccc([C@@H]2[C@H](S(=O)(=O)c3ccccc3)[C@@]2(C#N)CO)cc1.